The molecule has 0 saturated carbocycles. The smallest absolute Gasteiger partial charge is 0.262 e. The number of ether oxygens (including phenoxy) is 1. The number of nitrogens with zero attached hydrogens (tertiary/aromatic N) is 4. The van der Waals surface area contributed by atoms with Crippen molar-refractivity contribution >= 4 is 34.1 Å². The fourth-order valence-corrected chi connectivity index (χ4v) is 5.08. The Labute approximate surface area is 227 Å². The van der Waals surface area contributed by atoms with Gasteiger partial charge in [0.15, 0.2) is 0 Å². The highest BCUT2D eigenvalue weighted by Gasteiger charge is 2.31. The van der Waals surface area contributed by atoms with Crippen LogP contribution in [0.15, 0.2) is 60.9 Å². The number of fused-ring (bicyclic) bond motifs is 1. The van der Waals surface area contributed by atoms with Gasteiger partial charge in [0.05, 0.1) is 11.6 Å². The van der Waals surface area contributed by atoms with Crippen molar-refractivity contribution in [2.75, 3.05) is 37.0 Å². The Balaban J connectivity index is 1.44. The molecule has 0 bridgehead atoms. The van der Waals surface area contributed by atoms with Crippen molar-refractivity contribution in [1.82, 2.24) is 20.3 Å². The first-order valence-electron chi connectivity index (χ1n) is 13.3. The highest BCUT2D eigenvalue weighted by molar-refractivity contribution is 6.11. The second-order valence-corrected chi connectivity index (χ2v) is 9.77. The SMILES string of the molecule is COCCCc1ccnc(Nc2ccc(C(=O)N(c3nccc4cccc(C)c34)[C@@H]3CCCNC3)c(F)c2)n1. The number of methoxy groups -OCH3 is 1. The molecule has 5 rings (SSSR count). The second-order valence-electron chi connectivity index (χ2n) is 9.77. The Morgan fingerprint density at radius 1 is 1.18 bits per heavy atom. The van der Waals surface area contributed by atoms with Gasteiger partial charge in [-0.15, -0.1) is 0 Å². The van der Waals surface area contributed by atoms with Gasteiger partial charge in [0, 0.05) is 49.4 Å². The number of benzene rings is 2. The molecule has 1 fully saturated rings. The average molecular weight is 529 g/mol. The van der Waals surface area contributed by atoms with Crippen LogP contribution in [0.1, 0.15) is 40.9 Å². The Bertz CT molecular complexity index is 1450. The maximum absolute atomic E-state index is 15.5. The number of carbonyl (C=O) groups excluding carboxylic acids is 1. The summed E-state index contributed by atoms with van der Waals surface area (Å²) >= 11 is 0. The first kappa shape index (κ1) is 26.6. The van der Waals surface area contributed by atoms with Gasteiger partial charge in [-0.25, -0.2) is 19.3 Å². The van der Waals surface area contributed by atoms with E-state index in [0.717, 1.165) is 54.3 Å². The minimum absolute atomic E-state index is 0.00672. The minimum Gasteiger partial charge on any atom is -0.385 e. The Morgan fingerprint density at radius 2 is 2.05 bits per heavy atom. The molecule has 2 aromatic carbocycles. The standard InChI is InChI=1S/C30H33FN6O2/c1-20-6-3-7-21-12-15-33-28(27(20)21)37(24-9-4-14-32-19-24)29(38)25-11-10-23(18-26(25)31)36-30-34-16-13-22(35-30)8-5-17-39-2/h3,6-7,10-13,15-16,18,24,32H,4-5,8-9,14,17,19H2,1-2H3,(H,34,35,36)/t24-/m1/s1. The van der Waals surface area contributed by atoms with E-state index in [1.54, 1.807) is 30.5 Å². The van der Waals surface area contributed by atoms with Gasteiger partial charge in [-0.3, -0.25) is 9.69 Å². The molecule has 8 nitrogen and oxygen atoms in total. The number of anilines is 3. The van der Waals surface area contributed by atoms with E-state index in [1.165, 1.54) is 12.1 Å². The summed E-state index contributed by atoms with van der Waals surface area (Å²) in [6.45, 7) is 4.17. The van der Waals surface area contributed by atoms with Crippen molar-refractivity contribution in [3.63, 3.8) is 0 Å². The van der Waals surface area contributed by atoms with Crippen molar-refractivity contribution in [3.8, 4) is 0 Å². The van der Waals surface area contributed by atoms with Gasteiger partial charge in [-0.1, -0.05) is 18.2 Å². The van der Waals surface area contributed by atoms with Crippen LogP contribution in [0.4, 0.5) is 21.8 Å². The number of aryl methyl sites for hydroxylation is 2. The maximum Gasteiger partial charge on any atom is 0.262 e. The molecule has 1 atom stereocenters. The van der Waals surface area contributed by atoms with Crippen molar-refractivity contribution in [3.05, 3.63) is 83.6 Å². The number of hydrogen-bond donors (Lipinski definition) is 2. The van der Waals surface area contributed by atoms with Crippen LogP contribution in [-0.2, 0) is 11.2 Å². The maximum atomic E-state index is 15.5. The third-order valence-electron chi connectivity index (χ3n) is 7.01. The number of amides is 1. The normalized spacial score (nSPS) is 15.3. The van der Waals surface area contributed by atoms with Crippen LogP contribution in [0.2, 0.25) is 0 Å². The largest absolute Gasteiger partial charge is 0.385 e. The van der Waals surface area contributed by atoms with Gasteiger partial charge in [0.2, 0.25) is 5.95 Å². The summed E-state index contributed by atoms with van der Waals surface area (Å²) in [6, 6.07) is 14.1. The predicted molar refractivity (Wildman–Crippen MR) is 151 cm³/mol. The summed E-state index contributed by atoms with van der Waals surface area (Å²) in [5.74, 6) is -0.0994. The molecule has 0 aliphatic carbocycles. The molecule has 0 unspecified atom stereocenters. The molecule has 0 spiro atoms. The first-order valence-corrected chi connectivity index (χ1v) is 13.3. The van der Waals surface area contributed by atoms with Gasteiger partial charge >= 0.3 is 0 Å². The summed E-state index contributed by atoms with van der Waals surface area (Å²) in [6.07, 6.45) is 6.70. The molecule has 9 heteroatoms. The van der Waals surface area contributed by atoms with Gasteiger partial charge in [-0.05, 0) is 80.4 Å². The monoisotopic (exact) mass is 528 g/mol. The Hall–Kier alpha value is -3.95. The Morgan fingerprint density at radius 3 is 2.85 bits per heavy atom. The third-order valence-corrected chi connectivity index (χ3v) is 7.01. The zero-order valence-electron chi connectivity index (χ0n) is 22.3. The number of aromatic nitrogens is 3. The molecule has 0 radical (unpaired) electrons. The van der Waals surface area contributed by atoms with E-state index in [-0.39, 0.29) is 11.6 Å². The zero-order valence-corrected chi connectivity index (χ0v) is 22.3. The highest BCUT2D eigenvalue weighted by Crippen LogP contribution is 2.32. The lowest BCUT2D eigenvalue weighted by Gasteiger charge is -2.35. The number of pyridine rings is 1. The van der Waals surface area contributed by atoms with Gasteiger partial charge < -0.3 is 15.4 Å². The van der Waals surface area contributed by atoms with Crippen molar-refractivity contribution in [1.29, 1.82) is 0 Å². The molecule has 3 heterocycles. The van der Waals surface area contributed by atoms with E-state index in [2.05, 4.69) is 25.6 Å². The van der Waals surface area contributed by atoms with Crippen LogP contribution < -0.4 is 15.5 Å². The van der Waals surface area contributed by atoms with Crippen molar-refractivity contribution < 1.29 is 13.9 Å². The fourth-order valence-electron chi connectivity index (χ4n) is 5.08. The molecule has 202 valence electrons. The topological polar surface area (TPSA) is 92.3 Å². The number of piperidine rings is 1. The molecule has 1 amide bonds. The van der Waals surface area contributed by atoms with E-state index < -0.39 is 11.7 Å². The van der Waals surface area contributed by atoms with Gasteiger partial charge in [0.1, 0.15) is 11.6 Å². The quantitative estimate of drug-likeness (QED) is 0.289. The number of halogens is 1. The minimum atomic E-state index is -0.619. The van der Waals surface area contributed by atoms with Crippen LogP contribution in [0, 0.1) is 12.7 Å². The van der Waals surface area contributed by atoms with Crippen LogP contribution >= 0.6 is 0 Å². The van der Waals surface area contributed by atoms with E-state index in [0.29, 0.717) is 30.6 Å². The number of rotatable bonds is 9. The lowest BCUT2D eigenvalue weighted by Crippen LogP contribution is -2.49. The fraction of sp³-hybridized carbons (Fsp3) is 0.333. The molecule has 39 heavy (non-hydrogen) atoms. The van der Waals surface area contributed by atoms with Crippen molar-refractivity contribution in [2.45, 2.75) is 38.6 Å². The first-order chi connectivity index (χ1) is 19.0. The molecule has 1 saturated heterocycles. The van der Waals surface area contributed by atoms with Crippen LogP contribution in [-0.4, -0.2) is 53.7 Å². The average Bonchev–Trinajstić information content (AvgIpc) is 2.94. The third kappa shape index (κ3) is 6.05. The van der Waals surface area contributed by atoms with E-state index in [1.807, 2.05) is 37.3 Å². The summed E-state index contributed by atoms with van der Waals surface area (Å²) in [7, 11) is 1.67. The predicted octanol–water partition coefficient (Wildman–Crippen LogP) is 5.19. The molecular formula is C30H33FN6O2. The zero-order chi connectivity index (χ0) is 27.2. The van der Waals surface area contributed by atoms with Crippen LogP contribution in [0.5, 0.6) is 0 Å². The highest BCUT2D eigenvalue weighted by atomic mass is 19.1. The molecular weight excluding hydrogens is 495 g/mol. The summed E-state index contributed by atoms with van der Waals surface area (Å²) in [5.41, 5.74) is 2.34. The number of hydrogen-bond acceptors (Lipinski definition) is 7. The lowest BCUT2D eigenvalue weighted by atomic mass is 10.0. The van der Waals surface area contributed by atoms with Gasteiger partial charge in [0.25, 0.3) is 5.91 Å². The lowest BCUT2D eigenvalue weighted by molar-refractivity contribution is 0.0968. The van der Waals surface area contributed by atoms with E-state index >= 15 is 4.39 Å². The summed E-state index contributed by atoms with van der Waals surface area (Å²) in [5, 5.41) is 8.33. The summed E-state index contributed by atoms with van der Waals surface area (Å²) < 4.78 is 20.7. The molecule has 4 aromatic rings. The van der Waals surface area contributed by atoms with Crippen LogP contribution in [0.3, 0.4) is 0 Å². The van der Waals surface area contributed by atoms with Crippen molar-refractivity contribution in [2.24, 2.45) is 0 Å². The number of carbonyl (C=O) groups is 1. The van der Waals surface area contributed by atoms with Crippen LogP contribution in [0.25, 0.3) is 10.8 Å². The molecule has 1 aliphatic heterocycles. The van der Waals surface area contributed by atoms with E-state index in [9.17, 15) is 4.79 Å². The Kier molecular flexibility index (Phi) is 8.39. The molecule has 2 N–H and O–H groups in total. The molecule has 1 aliphatic rings. The summed E-state index contributed by atoms with van der Waals surface area (Å²) in [4.78, 5) is 29.1. The van der Waals surface area contributed by atoms with Gasteiger partial charge in [-0.2, -0.15) is 0 Å². The number of nitrogens with one attached hydrogen (secondary N) is 2. The van der Waals surface area contributed by atoms with E-state index in [4.69, 9.17) is 4.74 Å². The second kappa shape index (κ2) is 12.3. The molecule has 2 aromatic heterocycles.